The van der Waals surface area contributed by atoms with Crippen LogP contribution in [-0.2, 0) is 17.8 Å². The van der Waals surface area contributed by atoms with Crippen molar-refractivity contribution in [3.63, 3.8) is 0 Å². The van der Waals surface area contributed by atoms with E-state index in [-0.39, 0.29) is 5.91 Å². The van der Waals surface area contributed by atoms with Crippen LogP contribution in [0.3, 0.4) is 0 Å². The third kappa shape index (κ3) is 4.89. The zero-order chi connectivity index (χ0) is 19.2. The van der Waals surface area contributed by atoms with Crippen molar-refractivity contribution in [3.05, 3.63) is 46.8 Å². The number of carbonyl (C=O) groups is 1. The number of aromatic nitrogens is 1. The molecule has 1 aromatic carbocycles. The number of nitrogens with one attached hydrogen (secondary N) is 1. The van der Waals surface area contributed by atoms with Crippen molar-refractivity contribution in [1.82, 2.24) is 15.4 Å². The van der Waals surface area contributed by atoms with Gasteiger partial charge in [0.05, 0.1) is 17.7 Å². The smallest absolute Gasteiger partial charge is 0.227 e. The zero-order valence-electron chi connectivity index (χ0n) is 16.5. The van der Waals surface area contributed by atoms with E-state index in [0.29, 0.717) is 19.1 Å². The molecule has 1 unspecified atom stereocenters. The van der Waals surface area contributed by atoms with Crippen molar-refractivity contribution in [3.8, 4) is 5.75 Å². The normalized spacial score (nSPS) is 16.5. The molecular formula is C21H29N3O3. The van der Waals surface area contributed by atoms with Gasteiger partial charge in [0.1, 0.15) is 18.1 Å². The molecular weight excluding hydrogens is 342 g/mol. The Morgan fingerprint density at radius 1 is 1.33 bits per heavy atom. The molecule has 1 aliphatic heterocycles. The highest BCUT2D eigenvalue weighted by atomic mass is 16.5. The molecule has 6 heteroatoms. The molecule has 3 rings (SSSR count). The largest absolute Gasteiger partial charge is 0.489 e. The van der Waals surface area contributed by atoms with E-state index in [1.807, 2.05) is 43.0 Å². The van der Waals surface area contributed by atoms with Crippen LogP contribution in [0.25, 0.3) is 0 Å². The number of ether oxygens (including phenoxy) is 1. The molecule has 2 aromatic rings. The highest BCUT2D eigenvalue weighted by Gasteiger charge is 2.25. The Bertz CT molecular complexity index is 729. The van der Waals surface area contributed by atoms with Crippen LogP contribution in [0.1, 0.15) is 42.3 Å². The molecule has 1 saturated heterocycles. The zero-order valence-corrected chi connectivity index (χ0v) is 16.5. The Hall–Kier alpha value is -2.34. The van der Waals surface area contributed by atoms with Gasteiger partial charge in [-0.2, -0.15) is 0 Å². The van der Waals surface area contributed by atoms with Gasteiger partial charge in [0.25, 0.3) is 0 Å². The van der Waals surface area contributed by atoms with Crippen molar-refractivity contribution in [1.29, 1.82) is 0 Å². The van der Waals surface area contributed by atoms with Gasteiger partial charge in [-0.15, -0.1) is 0 Å². The van der Waals surface area contributed by atoms with Gasteiger partial charge in [-0.25, -0.2) is 0 Å². The predicted octanol–water partition coefficient (Wildman–Crippen LogP) is 3.01. The first kappa shape index (κ1) is 19.4. The number of nitrogens with zero attached hydrogens (tertiary/aromatic N) is 2. The second-order valence-corrected chi connectivity index (χ2v) is 7.15. The lowest BCUT2D eigenvalue weighted by Gasteiger charge is -2.28. The summed E-state index contributed by atoms with van der Waals surface area (Å²) in [5.74, 6) is 1.76. The van der Waals surface area contributed by atoms with Crippen molar-refractivity contribution in [2.45, 2.75) is 52.7 Å². The number of rotatable bonds is 8. The summed E-state index contributed by atoms with van der Waals surface area (Å²) >= 11 is 0. The number of aryl methyl sites for hydroxylation is 2. The number of amides is 1. The van der Waals surface area contributed by atoms with Crippen LogP contribution in [0.4, 0.5) is 0 Å². The van der Waals surface area contributed by atoms with E-state index in [4.69, 9.17) is 9.26 Å². The van der Waals surface area contributed by atoms with Gasteiger partial charge in [-0.05, 0) is 50.9 Å². The molecule has 0 bridgehead atoms. The van der Waals surface area contributed by atoms with Crippen LogP contribution < -0.4 is 10.1 Å². The summed E-state index contributed by atoms with van der Waals surface area (Å²) in [5.41, 5.74) is 2.85. The molecule has 146 valence electrons. The number of hydrogen-bond donors (Lipinski definition) is 1. The molecule has 1 aliphatic rings. The first-order valence-corrected chi connectivity index (χ1v) is 9.72. The molecule has 0 radical (unpaired) electrons. The van der Waals surface area contributed by atoms with Crippen LogP contribution in [0, 0.1) is 13.8 Å². The quantitative estimate of drug-likeness (QED) is 0.773. The van der Waals surface area contributed by atoms with Crippen LogP contribution in [0.15, 0.2) is 28.8 Å². The summed E-state index contributed by atoms with van der Waals surface area (Å²) in [6.45, 7) is 9.06. The van der Waals surface area contributed by atoms with Gasteiger partial charge < -0.3 is 19.5 Å². The van der Waals surface area contributed by atoms with E-state index < -0.39 is 0 Å². The molecule has 1 aromatic heterocycles. The monoisotopic (exact) mass is 371 g/mol. The summed E-state index contributed by atoms with van der Waals surface area (Å²) in [5, 5.41) is 7.29. The van der Waals surface area contributed by atoms with E-state index in [1.165, 1.54) is 0 Å². The minimum absolute atomic E-state index is 0.204. The third-order valence-electron chi connectivity index (χ3n) is 5.10. The average Bonchev–Trinajstić information content (AvgIpc) is 3.30. The van der Waals surface area contributed by atoms with Gasteiger partial charge in [-0.1, -0.05) is 24.2 Å². The lowest BCUT2D eigenvalue weighted by atomic mass is 10.1. The Labute approximate surface area is 160 Å². The fraction of sp³-hybridized carbons (Fsp3) is 0.524. The fourth-order valence-electron chi connectivity index (χ4n) is 3.50. The highest BCUT2D eigenvalue weighted by molar-refractivity contribution is 5.79. The van der Waals surface area contributed by atoms with Gasteiger partial charge in [0, 0.05) is 19.1 Å². The van der Waals surface area contributed by atoms with Gasteiger partial charge in [0.2, 0.25) is 5.91 Å². The molecule has 1 N–H and O–H groups in total. The second kappa shape index (κ2) is 9.04. The summed E-state index contributed by atoms with van der Waals surface area (Å²) in [6.07, 6.45) is 2.46. The van der Waals surface area contributed by atoms with Crippen LogP contribution >= 0.6 is 0 Å². The van der Waals surface area contributed by atoms with Crippen molar-refractivity contribution in [2.24, 2.45) is 0 Å². The van der Waals surface area contributed by atoms with E-state index in [1.54, 1.807) is 0 Å². The molecule has 0 aliphatic carbocycles. The topological polar surface area (TPSA) is 67.6 Å². The van der Waals surface area contributed by atoms with E-state index in [0.717, 1.165) is 60.8 Å². The molecule has 1 fully saturated rings. The second-order valence-electron chi connectivity index (χ2n) is 7.15. The average molecular weight is 371 g/mol. The van der Waals surface area contributed by atoms with Crippen LogP contribution in [0.5, 0.6) is 5.75 Å². The maximum Gasteiger partial charge on any atom is 0.227 e. The van der Waals surface area contributed by atoms with E-state index >= 15 is 0 Å². The number of hydrogen-bond acceptors (Lipinski definition) is 5. The molecule has 6 nitrogen and oxygen atoms in total. The Balaban J connectivity index is 1.57. The molecule has 1 atom stereocenters. The van der Waals surface area contributed by atoms with Gasteiger partial charge >= 0.3 is 0 Å². The first-order chi connectivity index (χ1) is 13.1. The van der Waals surface area contributed by atoms with Crippen molar-refractivity contribution >= 4 is 5.91 Å². The van der Waals surface area contributed by atoms with Crippen LogP contribution in [0.2, 0.25) is 0 Å². The molecule has 2 heterocycles. The molecule has 0 spiro atoms. The van der Waals surface area contributed by atoms with Crippen molar-refractivity contribution < 1.29 is 14.1 Å². The lowest BCUT2D eigenvalue weighted by Crippen LogP contribution is -2.42. The van der Waals surface area contributed by atoms with Crippen LogP contribution in [-0.4, -0.2) is 41.6 Å². The van der Waals surface area contributed by atoms with Gasteiger partial charge in [-0.3, -0.25) is 4.79 Å². The molecule has 27 heavy (non-hydrogen) atoms. The molecule has 1 amide bonds. The summed E-state index contributed by atoms with van der Waals surface area (Å²) in [4.78, 5) is 14.8. The number of benzene rings is 1. The summed E-state index contributed by atoms with van der Waals surface area (Å²) in [6, 6.07) is 8.11. The summed E-state index contributed by atoms with van der Waals surface area (Å²) < 4.78 is 11.0. The van der Waals surface area contributed by atoms with Gasteiger partial charge in [0.15, 0.2) is 0 Å². The standard InChI is InChI=1S/C21H29N3O3/c1-4-11-24(18-9-10-22-13-18)21(25)12-17-5-7-19(8-6-17)26-14-20-15(2)23-27-16(20)3/h5-8,18,22H,4,9-14H2,1-3H3. The Morgan fingerprint density at radius 2 is 2.11 bits per heavy atom. The first-order valence-electron chi connectivity index (χ1n) is 9.72. The fourth-order valence-corrected chi connectivity index (χ4v) is 3.50. The Morgan fingerprint density at radius 3 is 2.70 bits per heavy atom. The summed E-state index contributed by atoms with van der Waals surface area (Å²) in [7, 11) is 0. The minimum atomic E-state index is 0.204. The molecule has 0 saturated carbocycles. The van der Waals surface area contributed by atoms with E-state index in [9.17, 15) is 4.79 Å². The minimum Gasteiger partial charge on any atom is -0.489 e. The maximum atomic E-state index is 12.8. The SMILES string of the molecule is CCCN(C(=O)Cc1ccc(OCc2c(C)noc2C)cc1)C1CCNC1. The Kier molecular flexibility index (Phi) is 6.50. The highest BCUT2D eigenvalue weighted by Crippen LogP contribution is 2.19. The van der Waals surface area contributed by atoms with E-state index in [2.05, 4.69) is 17.4 Å². The predicted molar refractivity (Wildman–Crippen MR) is 104 cm³/mol. The maximum absolute atomic E-state index is 12.8. The van der Waals surface area contributed by atoms with Crippen molar-refractivity contribution in [2.75, 3.05) is 19.6 Å². The number of carbonyl (C=O) groups excluding carboxylic acids is 1. The lowest BCUT2D eigenvalue weighted by molar-refractivity contribution is -0.132. The third-order valence-corrected chi connectivity index (χ3v) is 5.10.